The number of amides is 2. The van der Waals surface area contributed by atoms with Crippen molar-refractivity contribution in [3.8, 4) is 0 Å². The molecule has 2 bridgehead atoms. The number of anilines is 2. The average molecular weight is 265 g/mol. The van der Waals surface area contributed by atoms with Gasteiger partial charge in [0, 0.05) is 11.8 Å². The van der Waals surface area contributed by atoms with Crippen molar-refractivity contribution in [2.24, 2.45) is 11.8 Å². The maximum Gasteiger partial charge on any atom is 0.236 e. The van der Waals surface area contributed by atoms with Crippen LogP contribution >= 0.6 is 11.6 Å². The van der Waals surface area contributed by atoms with E-state index in [9.17, 15) is 9.59 Å². The topological polar surface area (TPSA) is 63.4 Å². The highest BCUT2D eigenvalue weighted by molar-refractivity contribution is 6.33. The number of fused-ring (bicyclic) bond motifs is 2. The third kappa shape index (κ3) is 1.60. The van der Waals surface area contributed by atoms with E-state index >= 15 is 0 Å². The van der Waals surface area contributed by atoms with Crippen molar-refractivity contribution in [1.29, 1.82) is 0 Å². The fourth-order valence-corrected chi connectivity index (χ4v) is 2.95. The highest BCUT2D eigenvalue weighted by atomic mass is 35.5. The standard InChI is InChI=1S/C13H13ClN2O2/c14-10-4-3-9(6-11(10)15)16-12(17)7-1-2-8(5-7)13(16)18/h3-4,6-8H,1-2,5,15H2. The van der Waals surface area contributed by atoms with Crippen molar-refractivity contribution >= 4 is 34.8 Å². The van der Waals surface area contributed by atoms with Gasteiger partial charge in [-0.15, -0.1) is 0 Å². The van der Waals surface area contributed by atoms with Crippen molar-refractivity contribution in [1.82, 2.24) is 0 Å². The predicted octanol–water partition coefficient (Wildman–Crippen LogP) is 2.21. The molecule has 2 amide bonds. The second kappa shape index (κ2) is 3.99. The van der Waals surface area contributed by atoms with E-state index in [2.05, 4.69) is 0 Å². The minimum Gasteiger partial charge on any atom is -0.397 e. The number of halogens is 1. The van der Waals surface area contributed by atoms with Gasteiger partial charge in [-0.05, 0) is 37.5 Å². The Labute approximate surface area is 110 Å². The van der Waals surface area contributed by atoms with E-state index in [0.29, 0.717) is 22.8 Å². The van der Waals surface area contributed by atoms with E-state index in [4.69, 9.17) is 17.3 Å². The number of nitrogen functional groups attached to an aromatic ring is 1. The number of hydrogen-bond donors (Lipinski definition) is 1. The second-order valence-corrected chi connectivity index (χ2v) is 5.33. The van der Waals surface area contributed by atoms with Crippen LogP contribution in [0.4, 0.5) is 11.4 Å². The average Bonchev–Trinajstić information content (AvgIpc) is 2.78. The van der Waals surface area contributed by atoms with Gasteiger partial charge in [-0.2, -0.15) is 0 Å². The van der Waals surface area contributed by atoms with Crippen molar-refractivity contribution in [2.45, 2.75) is 19.3 Å². The number of imide groups is 1. The molecule has 2 unspecified atom stereocenters. The van der Waals surface area contributed by atoms with Crippen LogP contribution in [0.1, 0.15) is 19.3 Å². The summed E-state index contributed by atoms with van der Waals surface area (Å²) in [5, 5.41) is 0.429. The minimum absolute atomic E-state index is 0.00963. The smallest absolute Gasteiger partial charge is 0.236 e. The summed E-state index contributed by atoms with van der Waals surface area (Å²) in [4.78, 5) is 25.7. The molecule has 4 nitrogen and oxygen atoms in total. The molecule has 1 heterocycles. The van der Waals surface area contributed by atoms with Crippen molar-refractivity contribution < 1.29 is 9.59 Å². The van der Waals surface area contributed by atoms with Gasteiger partial charge in [0.25, 0.3) is 0 Å². The van der Waals surface area contributed by atoms with Gasteiger partial charge in [0.2, 0.25) is 11.8 Å². The first-order valence-corrected chi connectivity index (χ1v) is 6.38. The highest BCUT2D eigenvalue weighted by Crippen LogP contribution is 2.40. The van der Waals surface area contributed by atoms with Crippen LogP contribution in [0, 0.1) is 11.8 Å². The summed E-state index contributed by atoms with van der Waals surface area (Å²) in [5.41, 5.74) is 6.64. The van der Waals surface area contributed by atoms with E-state index < -0.39 is 0 Å². The summed E-state index contributed by atoms with van der Waals surface area (Å²) in [5.74, 6) is -0.222. The number of carbonyl (C=O) groups excluding carboxylic acids is 2. The van der Waals surface area contributed by atoms with Crippen LogP contribution < -0.4 is 10.6 Å². The van der Waals surface area contributed by atoms with Gasteiger partial charge in [0.1, 0.15) is 0 Å². The molecule has 1 saturated carbocycles. The molecular formula is C13H13ClN2O2. The number of benzene rings is 1. The molecule has 18 heavy (non-hydrogen) atoms. The van der Waals surface area contributed by atoms with Gasteiger partial charge in [-0.1, -0.05) is 11.6 Å². The molecule has 5 heteroatoms. The molecule has 2 fully saturated rings. The lowest BCUT2D eigenvalue weighted by Gasteiger charge is -2.29. The van der Waals surface area contributed by atoms with E-state index in [0.717, 1.165) is 12.8 Å². The van der Waals surface area contributed by atoms with Gasteiger partial charge < -0.3 is 5.73 Å². The molecule has 3 rings (SSSR count). The van der Waals surface area contributed by atoms with Crippen LogP contribution in [0.5, 0.6) is 0 Å². The summed E-state index contributed by atoms with van der Waals surface area (Å²) in [6.45, 7) is 0. The Balaban J connectivity index is 2.02. The normalized spacial score (nSPS) is 26.8. The molecular weight excluding hydrogens is 252 g/mol. The monoisotopic (exact) mass is 264 g/mol. The molecule has 0 radical (unpaired) electrons. The van der Waals surface area contributed by atoms with Crippen LogP contribution in [0.3, 0.4) is 0 Å². The van der Waals surface area contributed by atoms with Gasteiger partial charge >= 0.3 is 0 Å². The molecule has 2 aliphatic rings. The van der Waals surface area contributed by atoms with E-state index in [1.165, 1.54) is 4.90 Å². The fraction of sp³-hybridized carbons (Fsp3) is 0.385. The number of hydrogen-bond acceptors (Lipinski definition) is 3. The zero-order valence-electron chi connectivity index (χ0n) is 9.73. The quantitative estimate of drug-likeness (QED) is 0.625. The van der Waals surface area contributed by atoms with Crippen LogP contribution in [0.2, 0.25) is 5.02 Å². The highest BCUT2D eigenvalue weighted by Gasteiger charge is 2.45. The number of carbonyl (C=O) groups is 2. The molecule has 1 aromatic carbocycles. The van der Waals surface area contributed by atoms with Gasteiger partial charge in [0.15, 0.2) is 0 Å². The zero-order valence-corrected chi connectivity index (χ0v) is 10.5. The number of nitrogens with zero attached hydrogens (tertiary/aromatic N) is 1. The first kappa shape index (κ1) is 11.5. The number of nitrogens with two attached hydrogens (primary N) is 1. The van der Waals surface area contributed by atoms with E-state index in [1.54, 1.807) is 18.2 Å². The van der Waals surface area contributed by atoms with Gasteiger partial charge in [0.05, 0.1) is 16.4 Å². The second-order valence-electron chi connectivity index (χ2n) is 4.92. The van der Waals surface area contributed by atoms with Crippen LogP contribution in [0.25, 0.3) is 0 Å². The summed E-state index contributed by atoms with van der Waals surface area (Å²) in [6.07, 6.45) is 2.33. The summed E-state index contributed by atoms with van der Waals surface area (Å²) in [7, 11) is 0. The molecule has 0 aromatic heterocycles. The molecule has 94 valence electrons. The Morgan fingerprint density at radius 1 is 1.17 bits per heavy atom. The third-order valence-electron chi connectivity index (χ3n) is 3.81. The summed E-state index contributed by atoms with van der Waals surface area (Å²) < 4.78 is 0. The summed E-state index contributed by atoms with van der Waals surface area (Å²) >= 11 is 5.85. The first-order valence-electron chi connectivity index (χ1n) is 6.01. The maximum absolute atomic E-state index is 12.2. The molecule has 1 aliphatic carbocycles. The van der Waals surface area contributed by atoms with Crippen molar-refractivity contribution in [2.75, 3.05) is 10.6 Å². The number of rotatable bonds is 1. The largest absolute Gasteiger partial charge is 0.397 e. The van der Waals surface area contributed by atoms with Crippen LogP contribution in [-0.4, -0.2) is 11.8 Å². The lowest BCUT2D eigenvalue weighted by atomic mass is 9.96. The van der Waals surface area contributed by atoms with Gasteiger partial charge in [-0.3, -0.25) is 14.5 Å². The first-order chi connectivity index (χ1) is 8.58. The minimum atomic E-state index is -0.101. The molecule has 1 aliphatic heterocycles. The maximum atomic E-state index is 12.2. The van der Waals surface area contributed by atoms with E-state index in [1.807, 2.05) is 0 Å². The van der Waals surface area contributed by atoms with E-state index in [-0.39, 0.29) is 23.7 Å². The van der Waals surface area contributed by atoms with Crippen LogP contribution in [-0.2, 0) is 9.59 Å². The molecule has 1 aromatic rings. The predicted molar refractivity (Wildman–Crippen MR) is 69.2 cm³/mol. The molecule has 2 N–H and O–H groups in total. The third-order valence-corrected chi connectivity index (χ3v) is 4.15. The Kier molecular flexibility index (Phi) is 2.55. The lowest BCUT2D eigenvalue weighted by molar-refractivity contribution is -0.132. The lowest BCUT2D eigenvalue weighted by Crippen LogP contribution is -2.46. The molecule has 1 saturated heterocycles. The Hall–Kier alpha value is -1.55. The summed E-state index contributed by atoms with van der Waals surface area (Å²) in [6, 6.07) is 4.87. The number of piperidine rings is 1. The van der Waals surface area contributed by atoms with Gasteiger partial charge in [-0.25, -0.2) is 0 Å². The van der Waals surface area contributed by atoms with Crippen molar-refractivity contribution in [3.63, 3.8) is 0 Å². The SMILES string of the molecule is Nc1cc(N2C(=O)C3CCC(C3)C2=O)ccc1Cl. The van der Waals surface area contributed by atoms with Crippen LogP contribution in [0.15, 0.2) is 18.2 Å². The van der Waals surface area contributed by atoms with Crippen molar-refractivity contribution in [3.05, 3.63) is 23.2 Å². The Morgan fingerprint density at radius 3 is 2.33 bits per heavy atom. The molecule has 2 atom stereocenters. The fourth-order valence-electron chi connectivity index (χ4n) is 2.83. The Morgan fingerprint density at radius 2 is 1.78 bits per heavy atom. The molecule has 0 spiro atoms. The zero-order chi connectivity index (χ0) is 12.9. The Bertz CT molecular complexity index is 522.